The Hall–Kier alpha value is -0.200. The van der Waals surface area contributed by atoms with E-state index in [0.717, 1.165) is 11.5 Å². The molecule has 0 radical (unpaired) electrons. The Morgan fingerprint density at radius 1 is 1.54 bits per heavy atom. The summed E-state index contributed by atoms with van der Waals surface area (Å²) < 4.78 is 26.7. The smallest absolute Gasteiger partial charge is 0.221 e. The second kappa shape index (κ2) is 4.34. The van der Waals surface area contributed by atoms with Gasteiger partial charge in [-0.15, -0.1) is 11.6 Å². The summed E-state index contributed by atoms with van der Waals surface area (Å²) in [6.45, 7) is 1.88. The second-order valence-corrected chi connectivity index (χ2v) is 5.75. The topological polar surface area (TPSA) is 59.9 Å². The molecule has 0 saturated heterocycles. The Morgan fingerprint density at radius 2 is 2.23 bits per heavy atom. The van der Waals surface area contributed by atoms with Crippen LogP contribution >= 0.6 is 23.1 Å². The van der Waals surface area contributed by atoms with E-state index >= 15 is 0 Å². The van der Waals surface area contributed by atoms with Gasteiger partial charge in [0.25, 0.3) is 0 Å². The summed E-state index contributed by atoms with van der Waals surface area (Å²) in [4.78, 5) is 3.88. The van der Waals surface area contributed by atoms with Gasteiger partial charge in [-0.2, -0.15) is 4.37 Å². The molecule has 0 aromatic carbocycles. The van der Waals surface area contributed by atoms with Gasteiger partial charge in [-0.3, -0.25) is 0 Å². The molecule has 0 aliphatic rings. The molecule has 0 unspecified atom stereocenters. The molecule has 7 heteroatoms. The molecule has 0 aliphatic heterocycles. The van der Waals surface area contributed by atoms with E-state index in [0.29, 0.717) is 12.2 Å². The summed E-state index contributed by atoms with van der Waals surface area (Å²) in [5.41, 5.74) is 0. The third-order valence-corrected chi connectivity index (χ3v) is 4.69. The van der Waals surface area contributed by atoms with Crippen LogP contribution in [0.3, 0.4) is 0 Å². The van der Waals surface area contributed by atoms with E-state index < -0.39 is 9.84 Å². The molecule has 4 nitrogen and oxygen atoms in total. The van der Waals surface area contributed by atoms with Crippen molar-refractivity contribution in [2.75, 3.05) is 11.6 Å². The first-order chi connectivity index (χ1) is 6.10. The second-order valence-electron chi connectivity index (χ2n) is 2.34. The van der Waals surface area contributed by atoms with E-state index in [4.69, 9.17) is 11.6 Å². The van der Waals surface area contributed by atoms with Crippen LogP contribution in [0.15, 0.2) is 4.34 Å². The van der Waals surface area contributed by atoms with E-state index in [1.807, 2.05) is 6.92 Å². The fourth-order valence-corrected chi connectivity index (χ4v) is 3.24. The number of sulfone groups is 1. The molecule has 0 spiro atoms. The zero-order valence-electron chi connectivity index (χ0n) is 7.03. The predicted molar refractivity (Wildman–Crippen MR) is 52.1 cm³/mol. The summed E-state index contributed by atoms with van der Waals surface area (Å²) in [6, 6.07) is 0. The minimum absolute atomic E-state index is 0.0741. The molecular formula is C6H9ClN2O2S2. The van der Waals surface area contributed by atoms with E-state index in [9.17, 15) is 8.42 Å². The van der Waals surface area contributed by atoms with Crippen LogP contribution in [0.1, 0.15) is 12.7 Å². The minimum atomic E-state index is -3.29. The highest BCUT2D eigenvalue weighted by Crippen LogP contribution is 2.14. The molecule has 0 amide bonds. The van der Waals surface area contributed by atoms with Crippen LogP contribution in [0.4, 0.5) is 0 Å². The van der Waals surface area contributed by atoms with Gasteiger partial charge in [-0.05, 0) is 11.5 Å². The zero-order valence-corrected chi connectivity index (χ0v) is 9.42. The molecule has 0 N–H and O–H groups in total. The maximum atomic E-state index is 11.4. The molecule has 74 valence electrons. The van der Waals surface area contributed by atoms with Crippen LogP contribution in [-0.4, -0.2) is 29.4 Å². The van der Waals surface area contributed by atoms with Gasteiger partial charge in [-0.1, -0.05) is 6.92 Å². The van der Waals surface area contributed by atoms with E-state index in [1.165, 1.54) is 0 Å². The fraction of sp³-hybridized carbons (Fsp3) is 0.667. The van der Waals surface area contributed by atoms with Gasteiger partial charge in [0.15, 0.2) is 0 Å². The highest BCUT2D eigenvalue weighted by Gasteiger charge is 2.18. The lowest BCUT2D eigenvalue weighted by Crippen LogP contribution is -2.07. The largest absolute Gasteiger partial charge is 0.228 e. The summed E-state index contributed by atoms with van der Waals surface area (Å²) in [7, 11) is -3.29. The molecule has 0 fully saturated rings. The first kappa shape index (κ1) is 10.9. The molecule has 1 aromatic rings. The first-order valence-corrected chi connectivity index (χ1v) is 6.67. The van der Waals surface area contributed by atoms with Crippen molar-refractivity contribution < 1.29 is 8.42 Å². The Labute approximate surface area is 86.0 Å². The zero-order chi connectivity index (χ0) is 9.90. The van der Waals surface area contributed by atoms with Crippen LogP contribution < -0.4 is 0 Å². The van der Waals surface area contributed by atoms with E-state index in [-0.39, 0.29) is 16.0 Å². The summed E-state index contributed by atoms with van der Waals surface area (Å²) in [6.07, 6.45) is 0.646. The van der Waals surface area contributed by atoms with Crippen molar-refractivity contribution in [3.8, 4) is 0 Å². The number of nitrogens with zero attached hydrogens (tertiary/aromatic N) is 2. The fourth-order valence-electron chi connectivity index (χ4n) is 0.697. The van der Waals surface area contributed by atoms with Gasteiger partial charge in [-0.25, -0.2) is 13.4 Å². The maximum absolute atomic E-state index is 11.4. The molecular weight excluding hydrogens is 232 g/mol. The van der Waals surface area contributed by atoms with Crippen molar-refractivity contribution in [3.05, 3.63) is 5.82 Å². The minimum Gasteiger partial charge on any atom is -0.221 e. The van der Waals surface area contributed by atoms with Crippen molar-refractivity contribution in [2.24, 2.45) is 0 Å². The van der Waals surface area contributed by atoms with Gasteiger partial charge in [0, 0.05) is 12.3 Å². The number of hydrogen-bond acceptors (Lipinski definition) is 5. The lowest BCUT2D eigenvalue weighted by molar-refractivity contribution is 0.596. The Morgan fingerprint density at radius 3 is 2.69 bits per heavy atom. The Bertz CT molecular complexity index is 374. The Kier molecular flexibility index (Phi) is 3.63. The molecule has 1 rings (SSSR count). The standard InChI is InChI=1S/C6H9ClN2O2S2/c1-2-5-8-6(12-9-5)13(10,11)4-3-7/h2-4H2,1H3. The van der Waals surface area contributed by atoms with Crippen LogP contribution in [-0.2, 0) is 16.3 Å². The third-order valence-electron chi connectivity index (χ3n) is 1.38. The van der Waals surface area contributed by atoms with Crippen molar-refractivity contribution >= 4 is 33.0 Å². The summed E-state index contributed by atoms with van der Waals surface area (Å²) in [5, 5.41) is 0. The molecule has 0 bridgehead atoms. The number of aryl methyl sites for hydroxylation is 1. The summed E-state index contributed by atoms with van der Waals surface area (Å²) in [5.74, 6) is 0.578. The lowest BCUT2D eigenvalue weighted by atomic mass is 10.5. The van der Waals surface area contributed by atoms with Crippen molar-refractivity contribution in [1.82, 2.24) is 9.36 Å². The normalized spacial score (nSPS) is 11.8. The highest BCUT2D eigenvalue weighted by atomic mass is 35.5. The van der Waals surface area contributed by atoms with Crippen LogP contribution in [0.2, 0.25) is 0 Å². The molecule has 13 heavy (non-hydrogen) atoms. The monoisotopic (exact) mass is 240 g/mol. The first-order valence-electron chi connectivity index (χ1n) is 3.71. The van der Waals surface area contributed by atoms with E-state index in [2.05, 4.69) is 9.36 Å². The van der Waals surface area contributed by atoms with Gasteiger partial charge < -0.3 is 0 Å². The molecule has 0 atom stereocenters. The number of aromatic nitrogens is 2. The third kappa shape index (κ3) is 2.62. The van der Waals surface area contributed by atoms with Crippen molar-refractivity contribution in [2.45, 2.75) is 17.7 Å². The van der Waals surface area contributed by atoms with Crippen LogP contribution in [0.5, 0.6) is 0 Å². The van der Waals surface area contributed by atoms with Crippen LogP contribution in [0, 0.1) is 0 Å². The van der Waals surface area contributed by atoms with Crippen molar-refractivity contribution in [3.63, 3.8) is 0 Å². The number of rotatable bonds is 4. The van der Waals surface area contributed by atoms with E-state index in [1.54, 1.807) is 0 Å². The number of hydrogen-bond donors (Lipinski definition) is 0. The molecule has 1 heterocycles. The quantitative estimate of drug-likeness (QED) is 0.740. The summed E-state index contributed by atoms with van der Waals surface area (Å²) >= 11 is 6.27. The molecule has 0 saturated carbocycles. The molecule has 1 aromatic heterocycles. The predicted octanol–water partition coefficient (Wildman–Crippen LogP) is 1.11. The van der Waals surface area contributed by atoms with Gasteiger partial charge in [0.05, 0.1) is 5.75 Å². The SMILES string of the molecule is CCc1nsc(S(=O)(=O)CCCl)n1. The maximum Gasteiger partial charge on any atom is 0.228 e. The van der Waals surface area contributed by atoms with Gasteiger partial charge in [0.1, 0.15) is 5.82 Å². The van der Waals surface area contributed by atoms with Gasteiger partial charge >= 0.3 is 0 Å². The lowest BCUT2D eigenvalue weighted by Gasteiger charge is -1.93. The Balaban J connectivity index is 2.94. The molecule has 0 aliphatic carbocycles. The average Bonchev–Trinajstić information content (AvgIpc) is 2.52. The number of halogens is 1. The van der Waals surface area contributed by atoms with Crippen molar-refractivity contribution in [1.29, 1.82) is 0 Å². The number of alkyl halides is 1. The average molecular weight is 241 g/mol. The van der Waals surface area contributed by atoms with Crippen LogP contribution in [0.25, 0.3) is 0 Å². The highest BCUT2D eigenvalue weighted by molar-refractivity contribution is 7.93. The van der Waals surface area contributed by atoms with Gasteiger partial charge in [0.2, 0.25) is 14.2 Å².